The lowest BCUT2D eigenvalue weighted by Gasteiger charge is -2.32. The third-order valence-electron chi connectivity index (χ3n) is 4.47. The van der Waals surface area contributed by atoms with Crippen molar-refractivity contribution in [2.45, 2.75) is 19.3 Å². The number of likely N-dealkylation sites (tertiary alicyclic amines) is 1. The van der Waals surface area contributed by atoms with Crippen LogP contribution >= 0.6 is 0 Å². The van der Waals surface area contributed by atoms with Gasteiger partial charge in [-0.1, -0.05) is 6.07 Å². The van der Waals surface area contributed by atoms with Crippen LogP contribution in [0.5, 0.6) is 0 Å². The highest BCUT2D eigenvalue weighted by Gasteiger charge is 2.36. The zero-order valence-corrected chi connectivity index (χ0v) is 14.0. The number of aliphatic hydroxyl groups is 1. The molecule has 2 aliphatic heterocycles. The van der Waals surface area contributed by atoms with Crippen LogP contribution in [0.3, 0.4) is 0 Å². The molecule has 1 unspecified atom stereocenters. The number of nitrogens with zero attached hydrogens (tertiary/aromatic N) is 2. The summed E-state index contributed by atoms with van der Waals surface area (Å²) in [5.41, 5.74) is 0.556. The van der Waals surface area contributed by atoms with E-state index in [1.807, 2.05) is 0 Å². The summed E-state index contributed by atoms with van der Waals surface area (Å²) >= 11 is 0. The van der Waals surface area contributed by atoms with E-state index < -0.39 is 15.9 Å². The van der Waals surface area contributed by atoms with Gasteiger partial charge in [-0.3, -0.25) is 9.59 Å². The summed E-state index contributed by atoms with van der Waals surface area (Å²) in [6, 6.07) is 6.16. The SMILES string of the molecule is O=C(c1cccc(N2C(=O)CCS2(=O)=O)c1)N1CCCC(CO)C1. The third kappa shape index (κ3) is 3.16. The number of carbonyl (C=O) groups is 2. The number of sulfonamides is 1. The molecule has 0 aromatic heterocycles. The fraction of sp³-hybridized carbons (Fsp3) is 0.500. The van der Waals surface area contributed by atoms with Crippen molar-refractivity contribution in [1.82, 2.24) is 4.90 Å². The van der Waals surface area contributed by atoms with Gasteiger partial charge in [-0.25, -0.2) is 12.7 Å². The molecule has 24 heavy (non-hydrogen) atoms. The van der Waals surface area contributed by atoms with E-state index in [0.717, 1.165) is 17.1 Å². The summed E-state index contributed by atoms with van der Waals surface area (Å²) in [6.45, 7) is 1.14. The molecular formula is C16H20N2O5S. The molecule has 2 heterocycles. The van der Waals surface area contributed by atoms with E-state index in [2.05, 4.69) is 0 Å². The van der Waals surface area contributed by atoms with Crippen LogP contribution in [0.15, 0.2) is 24.3 Å². The molecule has 1 atom stereocenters. The third-order valence-corrected chi connectivity index (χ3v) is 6.16. The Morgan fingerprint density at radius 3 is 2.79 bits per heavy atom. The van der Waals surface area contributed by atoms with Crippen molar-refractivity contribution in [3.8, 4) is 0 Å². The van der Waals surface area contributed by atoms with Crippen molar-refractivity contribution in [3.05, 3.63) is 29.8 Å². The fourth-order valence-electron chi connectivity index (χ4n) is 3.22. The van der Waals surface area contributed by atoms with Gasteiger partial charge in [-0.15, -0.1) is 0 Å². The number of piperidine rings is 1. The van der Waals surface area contributed by atoms with Gasteiger partial charge in [0.15, 0.2) is 0 Å². The zero-order valence-electron chi connectivity index (χ0n) is 13.2. The molecule has 8 heteroatoms. The first-order valence-electron chi connectivity index (χ1n) is 7.98. The Morgan fingerprint density at radius 2 is 2.12 bits per heavy atom. The van der Waals surface area contributed by atoms with Crippen LogP contribution in [0.4, 0.5) is 5.69 Å². The molecule has 1 N–H and O–H groups in total. The first-order chi connectivity index (χ1) is 11.4. The average molecular weight is 352 g/mol. The lowest BCUT2D eigenvalue weighted by atomic mass is 9.98. The number of hydrogen-bond donors (Lipinski definition) is 1. The fourth-order valence-corrected chi connectivity index (χ4v) is 4.67. The Balaban J connectivity index is 1.85. The van der Waals surface area contributed by atoms with Crippen LogP contribution in [-0.4, -0.2) is 55.7 Å². The van der Waals surface area contributed by atoms with Gasteiger partial charge >= 0.3 is 0 Å². The number of amides is 2. The summed E-state index contributed by atoms with van der Waals surface area (Å²) < 4.78 is 24.8. The quantitative estimate of drug-likeness (QED) is 0.859. The summed E-state index contributed by atoms with van der Waals surface area (Å²) in [5, 5.41) is 9.29. The Morgan fingerprint density at radius 1 is 1.33 bits per heavy atom. The second-order valence-corrected chi connectivity index (χ2v) is 8.15. The van der Waals surface area contributed by atoms with Crippen molar-refractivity contribution >= 4 is 27.5 Å². The maximum atomic E-state index is 12.7. The van der Waals surface area contributed by atoms with E-state index in [4.69, 9.17) is 0 Å². The van der Waals surface area contributed by atoms with Gasteiger partial charge in [0.05, 0.1) is 11.4 Å². The van der Waals surface area contributed by atoms with Crippen molar-refractivity contribution in [3.63, 3.8) is 0 Å². The lowest BCUT2D eigenvalue weighted by Crippen LogP contribution is -2.41. The summed E-state index contributed by atoms with van der Waals surface area (Å²) in [4.78, 5) is 26.2. The molecule has 7 nitrogen and oxygen atoms in total. The van der Waals surface area contributed by atoms with Crippen molar-refractivity contribution in [2.75, 3.05) is 29.8 Å². The first-order valence-corrected chi connectivity index (χ1v) is 9.59. The highest BCUT2D eigenvalue weighted by molar-refractivity contribution is 7.94. The van der Waals surface area contributed by atoms with Crippen LogP contribution < -0.4 is 4.31 Å². The topological polar surface area (TPSA) is 95.0 Å². The predicted octanol–water partition coefficient (Wildman–Crippen LogP) is 0.598. The van der Waals surface area contributed by atoms with Gasteiger partial charge in [0.1, 0.15) is 0 Å². The molecule has 1 aromatic carbocycles. The maximum Gasteiger partial charge on any atom is 0.253 e. The van der Waals surface area contributed by atoms with E-state index in [0.29, 0.717) is 18.7 Å². The second-order valence-electron chi connectivity index (χ2n) is 6.22. The molecule has 2 saturated heterocycles. The first kappa shape index (κ1) is 16.9. The molecular weight excluding hydrogens is 332 g/mol. The number of benzene rings is 1. The number of anilines is 1. The van der Waals surface area contributed by atoms with Crippen molar-refractivity contribution in [2.24, 2.45) is 5.92 Å². The molecule has 2 fully saturated rings. The normalized spacial score (nSPS) is 23.5. The lowest BCUT2D eigenvalue weighted by molar-refractivity contribution is -0.116. The van der Waals surface area contributed by atoms with Gasteiger partial charge in [0.25, 0.3) is 5.91 Å². The van der Waals surface area contributed by atoms with Gasteiger partial charge in [0.2, 0.25) is 15.9 Å². The van der Waals surface area contributed by atoms with E-state index in [9.17, 15) is 23.1 Å². The molecule has 0 aliphatic carbocycles. The van der Waals surface area contributed by atoms with Crippen LogP contribution in [0.1, 0.15) is 29.6 Å². The Labute approximate surface area is 140 Å². The molecule has 0 spiro atoms. The summed E-state index contributed by atoms with van der Waals surface area (Å²) in [6.07, 6.45) is 1.68. The molecule has 3 rings (SSSR count). The molecule has 1 aromatic rings. The van der Waals surface area contributed by atoms with E-state index in [-0.39, 0.29) is 36.3 Å². The predicted molar refractivity (Wildman–Crippen MR) is 88.0 cm³/mol. The Hall–Kier alpha value is -1.93. The van der Waals surface area contributed by atoms with E-state index in [1.165, 1.54) is 12.1 Å². The Bertz CT molecular complexity index is 761. The van der Waals surface area contributed by atoms with Crippen molar-refractivity contribution < 1.29 is 23.1 Å². The minimum Gasteiger partial charge on any atom is -0.396 e. The summed E-state index contributed by atoms with van der Waals surface area (Å²) in [7, 11) is -3.64. The number of rotatable bonds is 3. The molecule has 2 amide bonds. The number of carbonyl (C=O) groups excluding carboxylic acids is 2. The molecule has 0 radical (unpaired) electrons. The minimum atomic E-state index is -3.64. The van der Waals surface area contributed by atoms with E-state index in [1.54, 1.807) is 17.0 Å². The highest BCUT2D eigenvalue weighted by atomic mass is 32.2. The van der Waals surface area contributed by atoms with Gasteiger partial charge < -0.3 is 10.0 Å². The number of aliphatic hydroxyl groups excluding tert-OH is 1. The van der Waals surface area contributed by atoms with Crippen molar-refractivity contribution in [1.29, 1.82) is 0 Å². The highest BCUT2D eigenvalue weighted by Crippen LogP contribution is 2.27. The van der Waals surface area contributed by atoms with Crippen LogP contribution in [0.2, 0.25) is 0 Å². The van der Waals surface area contributed by atoms with Crippen LogP contribution in [0.25, 0.3) is 0 Å². The van der Waals surface area contributed by atoms with Crippen LogP contribution in [0, 0.1) is 5.92 Å². The molecule has 0 bridgehead atoms. The second kappa shape index (κ2) is 6.52. The smallest absolute Gasteiger partial charge is 0.253 e. The van der Waals surface area contributed by atoms with Gasteiger partial charge in [-0.05, 0) is 37.0 Å². The molecule has 130 valence electrons. The molecule has 0 saturated carbocycles. The van der Waals surface area contributed by atoms with Gasteiger partial charge in [-0.2, -0.15) is 0 Å². The summed E-state index contributed by atoms with van der Waals surface area (Å²) in [5.74, 6) is -0.808. The van der Waals surface area contributed by atoms with E-state index >= 15 is 0 Å². The van der Waals surface area contributed by atoms with Crippen LogP contribution in [-0.2, 0) is 14.8 Å². The largest absolute Gasteiger partial charge is 0.396 e. The Kier molecular flexibility index (Phi) is 4.60. The monoisotopic (exact) mass is 352 g/mol. The standard InChI is InChI=1S/C16H20N2O5S/c19-11-12-3-2-7-17(10-12)16(21)13-4-1-5-14(9-13)18-15(20)6-8-24(18,22)23/h1,4-5,9,12,19H,2-3,6-8,10-11H2. The zero-order chi connectivity index (χ0) is 17.3. The maximum absolute atomic E-state index is 12.7. The average Bonchev–Trinajstić information content (AvgIpc) is 2.87. The number of hydrogen-bond acceptors (Lipinski definition) is 5. The molecule has 2 aliphatic rings. The van der Waals surface area contributed by atoms with Gasteiger partial charge in [0, 0.05) is 31.7 Å². The minimum absolute atomic E-state index is 0.0369.